The molecular formula is C25H28N2O5S. The molecule has 2 heterocycles. The number of para-hydroxylation sites is 1. The van der Waals surface area contributed by atoms with Crippen molar-refractivity contribution in [2.45, 2.75) is 13.1 Å². The molecule has 0 fully saturated rings. The van der Waals surface area contributed by atoms with E-state index in [9.17, 15) is 4.79 Å². The van der Waals surface area contributed by atoms with Gasteiger partial charge in [-0.25, -0.2) is 0 Å². The number of rotatable bonds is 9. The predicted molar refractivity (Wildman–Crippen MR) is 129 cm³/mol. The van der Waals surface area contributed by atoms with Crippen molar-refractivity contribution in [3.8, 4) is 23.0 Å². The van der Waals surface area contributed by atoms with Crippen LogP contribution in [0.2, 0.25) is 0 Å². The Balaban J connectivity index is 1.53. The lowest BCUT2D eigenvalue weighted by Crippen LogP contribution is -2.38. The van der Waals surface area contributed by atoms with Gasteiger partial charge in [0, 0.05) is 28.7 Å². The van der Waals surface area contributed by atoms with Crippen molar-refractivity contribution in [1.82, 2.24) is 4.90 Å². The third kappa shape index (κ3) is 5.40. The molecule has 1 amide bonds. The highest BCUT2D eigenvalue weighted by molar-refractivity contribution is 7.09. The molecule has 1 aliphatic rings. The van der Waals surface area contributed by atoms with Gasteiger partial charge in [-0.2, -0.15) is 0 Å². The van der Waals surface area contributed by atoms with Crippen molar-refractivity contribution in [2.75, 3.05) is 45.9 Å². The van der Waals surface area contributed by atoms with Crippen LogP contribution in [-0.2, 0) is 17.9 Å². The van der Waals surface area contributed by atoms with E-state index in [4.69, 9.17) is 18.9 Å². The Morgan fingerprint density at radius 3 is 2.55 bits per heavy atom. The maximum absolute atomic E-state index is 13.5. The third-order valence-corrected chi connectivity index (χ3v) is 6.22. The number of hydrogen-bond donors (Lipinski definition) is 0. The maximum atomic E-state index is 13.5. The summed E-state index contributed by atoms with van der Waals surface area (Å²) < 4.78 is 22.3. The molecule has 1 aliphatic heterocycles. The standard InChI is InChI=1S/C25H28N2O5S/c1-26(15-18-6-4-8-22(29-2)25(18)30-3)17-24(28)27(16-20-7-5-13-33-20)19-9-10-21-23(14-19)32-12-11-31-21/h4-10,13-14H,11-12,15-17H2,1-3H3. The van der Waals surface area contributed by atoms with Gasteiger partial charge in [-0.15, -0.1) is 11.3 Å². The number of methoxy groups -OCH3 is 2. The Labute approximate surface area is 198 Å². The van der Waals surface area contributed by atoms with E-state index >= 15 is 0 Å². The summed E-state index contributed by atoms with van der Waals surface area (Å²) in [6.07, 6.45) is 0. The van der Waals surface area contributed by atoms with Crippen molar-refractivity contribution in [2.24, 2.45) is 0 Å². The van der Waals surface area contributed by atoms with Crippen LogP contribution in [0.1, 0.15) is 10.4 Å². The smallest absolute Gasteiger partial charge is 0.241 e. The molecule has 0 bridgehead atoms. The third-order valence-electron chi connectivity index (χ3n) is 5.36. The van der Waals surface area contributed by atoms with Crippen LogP contribution >= 0.6 is 11.3 Å². The van der Waals surface area contributed by atoms with Gasteiger partial charge in [0.1, 0.15) is 13.2 Å². The molecule has 4 rings (SSSR count). The number of amides is 1. The van der Waals surface area contributed by atoms with Gasteiger partial charge in [-0.1, -0.05) is 18.2 Å². The largest absolute Gasteiger partial charge is 0.493 e. The molecule has 0 spiro atoms. The molecule has 0 radical (unpaired) electrons. The van der Waals surface area contributed by atoms with Crippen molar-refractivity contribution < 1.29 is 23.7 Å². The van der Waals surface area contributed by atoms with Gasteiger partial charge in [0.05, 0.1) is 27.3 Å². The summed E-state index contributed by atoms with van der Waals surface area (Å²) in [4.78, 5) is 18.4. The van der Waals surface area contributed by atoms with Gasteiger partial charge >= 0.3 is 0 Å². The topological polar surface area (TPSA) is 60.5 Å². The molecule has 8 heteroatoms. The van der Waals surface area contributed by atoms with Gasteiger partial charge in [0.15, 0.2) is 23.0 Å². The second kappa shape index (κ2) is 10.6. The molecule has 0 atom stereocenters. The van der Waals surface area contributed by atoms with E-state index in [1.54, 1.807) is 30.5 Å². The minimum Gasteiger partial charge on any atom is -0.493 e. The maximum Gasteiger partial charge on any atom is 0.241 e. The summed E-state index contributed by atoms with van der Waals surface area (Å²) in [6, 6.07) is 15.4. The zero-order valence-electron chi connectivity index (χ0n) is 19.1. The summed E-state index contributed by atoms with van der Waals surface area (Å²) >= 11 is 1.63. The Kier molecular flexibility index (Phi) is 7.36. The fourth-order valence-corrected chi connectivity index (χ4v) is 4.52. The Hall–Kier alpha value is -3.23. The molecule has 2 aromatic carbocycles. The Morgan fingerprint density at radius 1 is 1.00 bits per heavy atom. The van der Waals surface area contributed by atoms with Crippen molar-refractivity contribution in [1.29, 1.82) is 0 Å². The first-order valence-corrected chi connectivity index (χ1v) is 11.6. The van der Waals surface area contributed by atoms with E-state index in [1.165, 1.54) is 0 Å². The SMILES string of the molecule is COc1cccc(CN(C)CC(=O)N(Cc2cccs2)c2ccc3c(c2)OCCO3)c1OC. The summed E-state index contributed by atoms with van der Waals surface area (Å²) in [5, 5.41) is 2.02. The quantitative estimate of drug-likeness (QED) is 0.469. The van der Waals surface area contributed by atoms with E-state index in [2.05, 4.69) is 0 Å². The fourth-order valence-electron chi connectivity index (χ4n) is 3.82. The van der Waals surface area contributed by atoms with E-state index in [0.717, 1.165) is 16.1 Å². The zero-order valence-corrected chi connectivity index (χ0v) is 19.9. The fraction of sp³-hybridized carbons (Fsp3) is 0.320. The second-order valence-corrected chi connectivity index (χ2v) is 8.74. The van der Waals surface area contributed by atoms with Gasteiger partial charge in [-0.05, 0) is 36.7 Å². The highest BCUT2D eigenvalue weighted by Crippen LogP contribution is 2.35. The Morgan fingerprint density at radius 2 is 1.82 bits per heavy atom. The lowest BCUT2D eigenvalue weighted by atomic mass is 10.1. The number of carbonyl (C=O) groups is 1. The number of likely N-dealkylation sites (N-methyl/N-ethyl adjacent to an activating group) is 1. The molecule has 0 unspecified atom stereocenters. The van der Waals surface area contributed by atoms with Crippen molar-refractivity contribution >= 4 is 22.9 Å². The van der Waals surface area contributed by atoms with Crippen LogP contribution in [0, 0.1) is 0 Å². The van der Waals surface area contributed by atoms with Crippen LogP contribution < -0.4 is 23.8 Å². The van der Waals surface area contributed by atoms with Crippen molar-refractivity contribution in [3.05, 3.63) is 64.4 Å². The highest BCUT2D eigenvalue weighted by Gasteiger charge is 2.22. The van der Waals surface area contributed by atoms with E-state index in [1.807, 2.05) is 65.9 Å². The number of anilines is 1. The number of thiophene rings is 1. The molecule has 0 saturated heterocycles. The lowest BCUT2D eigenvalue weighted by molar-refractivity contribution is -0.119. The first kappa shape index (κ1) is 22.9. The van der Waals surface area contributed by atoms with Gasteiger partial charge < -0.3 is 23.8 Å². The molecule has 0 saturated carbocycles. The second-order valence-electron chi connectivity index (χ2n) is 7.71. The predicted octanol–water partition coefficient (Wildman–Crippen LogP) is 4.20. The van der Waals surface area contributed by atoms with E-state index < -0.39 is 0 Å². The first-order valence-electron chi connectivity index (χ1n) is 10.7. The molecule has 0 aliphatic carbocycles. The van der Waals surface area contributed by atoms with Gasteiger partial charge in [0.25, 0.3) is 0 Å². The number of nitrogens with zero attached hydrogens (tertiary/aromatic N) is 2. The first-order chi connectivity index (χ1) is 16.1. The van der Waals surface area contributed by atoms with Crippen molar-refractivity contribution in [3.63, 3.8) is 0 Å². The zero-order chi connectivity index (χ0) is 23.2. The van der Waals surface area contributed by atoms with Crippen LogP contribution in [0.4, 0.5) is 5.69 Å². The van der Waals surface area contributed by atoms with Crippen LogP contribution in [0.3, 0.4) is 0 Å². The van der Waals surface area contributed by atoms with E-state index in [0.29, 0.717) is 49.3 Å². The minimum absolute atomic E-state index is 0.00978. The summed E-state index contributed by atoms with van der Waals surface area (Å²) in [7, 11) is 5.16. The van der Waals surface area contributed by atoms with E-state index in [-0.39, 0.29) is 12.5 Å². The number of ether oxygens (including phenoxy) is 4. The number of carbonyl (C=O) groups excluding carboxylic acids is 1. The normalized spacial score (nSPS) is 12.5. The minimum atomic E-state index is -0.00978. The molecule has 0 N–H and O–H groups in total. The van der Waals surface area contributed by atoms with Crippen LogP contribution in [0.25, 0.3) is 0 Å². The van der Waals surface area contributed by atoms with Gasteiger partial charge in [0.2, 0.25) is 5.91 Å². The Bertz CT molecular complexity index is 1090. The highest BCUT2D eigenvalue weighted by atomic mass is 32.1. The summed E-state index contributed by atoms with van der Waals surface area (Å²) in [5.74, 6) is 2.71. The monoisotopic (exact) mass is 468 g/mol. The average Bonchev–Trinajstić information content (AvgIpc) is 3.35. The number of fused-ring (bicyclic) bond motifs is 1. The van der Waals surface area contributed by atoms with Crippen LogP contribution in [-0.4, -0.2) is 51.8 Å². The molecule has 1 aromatic heterocycles. The molecule has 174 valence electrons. The van der Waals surface area contributed by atoms with Crippen LogP contribution in [0.5, 0.6) is 23.0 Å². The molecule has 3 aromatic rings. The summed E-state index contributed by atoms with van der Waals surface area (Å²) in [5.41, 5.74) is 1.74. The summed E-state index contributed by atoms with van der Waals surface area (Å²) in [6.45, 7) is 2.30. The molecule has 33 heavy (non-hydrogen) atoms. The molecule has 7 nitrogen and oxygen atoms in total. The lowest BCUT2D eigenvalue weighted by Gasteiger charge is -2.27. The number of hydrogen-bond acceptors (Lipinski definition) is 7. The average molecular weight is 469 g/mol. The number of benzene rings is 2. The van der Waals surface area contributed by atoms with Gasteiger partial charge in [-0.3, -0.25) is 9.69 Å². The van der Waals surface area contributed by atoms with Crippen LogP contribution in [0.15, 0.2) is 53.9 Å². The molecular weight excluding hydrogens is 440 g/mol.